The Hall–Kier alpha value is -1.40. The van der Waals surface area contributed by atoms with E-state index in [4.69, 9.17) is 9.15 Å². The van der Waals surface area contributed by atoms with E-state index < -0.39 is 5.60 Å². The predicted molar refractivity (Wildman–Crippen MR) is 132 cm³/mol. The summed E-state index contributed by atoms with van der Waals surface area (Å²) in [5, 5.41) is 16.9. The lowest BCUT2D eigenvalue weighted by Crippen LogP contribution is -2.52. The van der Waals surface area contributed by atoms with Gasteiger partial charge < -0.3 is 19.6 Å². The van der Waals surface area contributed by atoms with E-state index >= 15 is 0 Å². The molecule has 0 aliphatic carbocycles. The van der Waals surface area contributed by atoms with Crippen LogP contribution in [0, 0.1) is 18.8 Å². The second kappa shape index (κ2) is 11.6. The summed E-state index contributed by atoms with van der Waals surface area (Å²) in [7, 11) is 3.79. The Morgan fingerprint density at radius 3 is 2.84 bits per heavy atom. The van der Waals surface area contributed by atoms with Crippen molar-refractivity contribution in [1.29, 1.82) is 0 Å². The highest BCUT2D eigenvalue weighted by Gasteiger charge is 2.42. The number of fused-ring (bicyclic) bond motifs is 1. The van der Waals surface area contributed by atoms with Crippen molar-refractivity contribution in [2.24, 2.45) is 11.8 Å². The molecule has 3 rings (SSSR count). The zero-order chi connectivity index (χ0) is 23.1. The van der Waals surface area contributed by atoms with Gasteiger partial charge in [0.05, 0.1) is 5.60 Å². The summed E-state index contributed by atoms with van der Waals surface area (Å²) in [4.78, 5) is 2.62. The van der Waals surface area contributed by atoms with E-state index in [1.165, 1.54) is 6.42 Å². The molecule has 1 aliphatic heterocycles. The topological polar surface area (TPSA) is 57.9 Å². The van der Waals surface area contributed by atoms with Crippen LogP contribution in [0.4, 0.5) is 0 Å². The number of benzene rings is 1. The molecule has 1 aliphatic rings. The van der Waals surface area contributed by atoms with Crippen molar-refractivity contribution in [2.45, 2.75) is 70.9 Å². The van der Waals surface area contributed by atoms with E-state index in [0.717, 1.165) is 80.6 Å². The number of piperidine rings is 1. The van der Waals surface area contributed by atoms with Gasteiger partial charge in [-0.05, 0) is 71.0 Å². The number of nitrogens with zero attached hydrogens (tertiary/aromatic N) is 1. The molecule has 2 aromatic rings. The molecule has 0 spiro atoms. The molecule has 180 valence electrons. The van der Waals surface area contributed by atoms with Gasteiger partial charge in [0.25, 0.3) is 0 Å². The molecule has 2 N–H and O–H groups in total. The van der Waals surface area contributed by atoms with Crippen molar-refractivity contribution in [1.82, 2.24) is 10.2 Å². The van der Waals surface area contributed by atoms with Crippen LogP contribution in [0.5, 0.6) is 0 Å². The number of hydrogen-bond donors (Lipinski definition) is 2. The number of rotatable bonds is 12. The lowest BCUT2D eigenvalue weighted by Gasteiger charge is -2.45. The van der Waals surface area contributed by atoms with Crippen LogP contribution in [0.3, 0.4) is 0 Å². The number of furan rings is 1. The maximum absolute atomic E-state index is 12.4. The summed E-state index contributed by atoms with van der Waals surface area (Å²) < 4.78 is 11.4. The highest BCUT2D eigenvalue weighted by molar-refractivity contribution is 5.82. The first kappa shape index (κ1) is 25.2. The molecule has 0 bridgehead atoms. The first-order chi connectivity index (χ1) is 15.4. The lowest BCUT2D eigenvalue weighted by molar-refractivity contribution is -0.0680. The van der Waals surface area contributed by atoms with E-state index in [0.29, 0.717) is 12.0 Å². The van der Waals surface area contributed by atoms with Gasteiger partial charge in [0.15, 0.2) is 0 Å². The zero-order valence-electron chi connectivity index (χ0n) is 20.8. The van der Waals surface area contributed by atoms with Gasteiger partial charge in [-0.2, -0.15) is 0 Å². The van der Waals surface area contributed by atoms with Crippen LogP contribution in [-0.4, -0.2) is 56.4 Å². The fourth-order valence-electron chi connectivity index (χ4n) is 5.60. The number of ether oxygens (including phenoxy) is 1. The minimum atomic E-state index is -0.905. The van der Waals surface area contributed by atoms with Crippen LogP contribution in [0.1, 0.15) is 63.7 Å². The zero-order valence-corrected chi connectivity index (χ0v) is 20.8. The van der Waals surface area contributed by atoms with Crippen molar-refractivity contribution in [3.63, 3.8) is 0 Å². The van der Waals surface area contributed by atoms with Crippen molar-refractivity contribution in [3.8, 4) is 0 Å². The third kappa shape index (κ3) is 5.93. The maximum Gasteiger partial charge on any atom is 0.140 e. The van der Waals surface area contributed by atoms with Gasteiger partial charge in [-0.1, -0.05) is 32.0 Å². The van der Waals surface area contributed by atoms with Gasteiger partial charge in [-0.15, -0.1) is 0 Å². The number of para-hydroxylation sites is 1. The molecule has 1 fully saturated rings. The molecule has 1 aromatic heterocycles. The minimum absolute atomic E-state index is 0.182. The van der Waals surface area contributed by atoms with E-state index in [1.54, 1.807) is 7.11 Å². The number of likely N-dealkylation sites (tertiary alicyclic amines) is 1. The van der Waals surface area contributed by atoms with Gasteiger partial charge in [0.2, 0.25) is 0 Å². The van der Waals surface area contributed by atoms with Crippen molar-refractivity contribution in [2.75, 3.05) is 40.4 Å². The molecule has 3 atom stereocenters. The Morgan fingerprint density at radius 1 is 1.31 bits per heavy atom. The van der Waals surface area contributed by atoms with Gasteiger partial charge in [0, 0.05) is 49.7 Å². The molecular weight excluding hydrogens is 400 g/mol. The Kier molecular flexibility index (Phi) is 9.18. The van der Waals surface area contributed by atoms with E-state index in [1.807, 2.05) is 14.0 Å². The number of aliphatic hydroxyl groups is 1. The second-order valence-electron chi connectivity index (χ2n) is 10.1. The Morgan fingerprint density at radius 2 is 2.12 bits per heavy atom. The summed E-state index contributed by atoms with van der Waals surface area (Å²) in [5.41, 5.74) is 0.907. The summed E-state index contributed by atoms with van der Waals surface area (Å²) in [6.45, 7) is 10.3. The minimum Gasteiger partial charge on any atom is -0.461 e. The molecule has 1 aromatic carbocycles. The Labute approximate surface area is 194 Å². The van der Waals surface area contributed by atoms with Crippen LogP contribution >= 0.6 is 0 Å². The van der Waals surface area contributed by atoms with Crippen LogP contribution < -0.4 is 5.32 Å². The smallest absolute Gasteiger partial charge is 0.140 e. The normalized spacial score (nSPS) is 20.7. The van der Waals surface area contributed by atoms with Crippen molar-refractivity contribution >= 4 is 11.0 Å². The molecule has 0 saturated carbocycles. The van der Waals surface area contributed by atoms with Crippen molar-refractivity contribution < 1.29 is 14.3 Å². The SMILES string of the molecule is CNCC(CC(C)C)N1CCCC(C(O)(CCCCOC)c2cccc3cc(C)oc23)C1. The number of aryl methyl sites for hydroxylation is 1. The largest absolute Gasteiger partial charge is 0.461 e. The van der Waals surface area contributed by atoms with Gasteiger partial charge in [0.1, 0.15) is 11.3 Å². The highest BCUT2D eigenvalue weighted by Crippen LogP contribution is 2.43. The van der Waals surface area contributed by atoms with E-state index in [9.17, 15) is 5.11 Å². The number of nitrogens with one attached hydrogen (secondary N) is 1. The van der Waals surface area contributed by atoms with Gasteiger partial charge in [-0.25, -0.2) is 0 Å². The number of hydrogen-bond acceptors (Lipinski definition) is 5. The second-order valence-corrected chi connectivity index (χ2v) is 10.1. The quantitative estimate of drug-likeness (QED) is 0.447. The average Bonchev–Trinajstić information content (AvgIpc) is 3.16. The molecule has 1 saturated heterocycles. The maximum atomic E-state index is 12.4. The third-order valence-corrected chi connectivity index (χ3v) is 7.12. The first-order valence-electron chi connectivity index (χ1n) is 12.5. The Balaban J connectivity index is 1.92. The van der Waals surface area contributed by atoms with Crippen LogP contribution in [0.15, 0.2) is 28.7 Å². The number of methoxy groups -OCH3 is 1. The Bertz CT molecular complexity index is 833. The standard InChI is InChI=1S/C27H44N2O3/c1-20(2)16-24(18-28-4)29-14-9-11-23(19-29)27(30,13-6-7-15-31-5)25-12-8-10-22-17-21(3)32-26(22)25/h8,10,12,17,20,23-24,28,30H,6-7,9,11,13-16,18-19H2,1-5H3. The van der Waals surface area contributed by atoms with Crippen molar-refractivity contribution in [3.05, 3.63) is 35.6 Å². The number of unbranched alkanes of at least 4 members (excludes halogenated alkanes) is 1. The molecule has 0 radical (unpaired) electrons. The van der Waals surface area contributed by atoms with E-state index in [-0.39, 0.29) is 5.92 Å². The summed E-state index contributed by atoms with van der Waals surface area (Å²) in [6, 6.07) is 8.81. The van der Waals surface area contributed by atoms with Crippen LogP contribution in [0.25, 0.3) is 11.0 Å². The summed E-state index contributed by atoms with van der Waals surface area (Å²) in [6.07, 6.45) is 5.96. The summed E-state index contributed by atoms with van der Waals surface area (Å²) >= 11 is 0. The first-order valence-corrected chi connectivity index (χ1v) is 12.5. The average molecular weight is 445 g/mol. The molecular formula is C27H44N2O3. The molecule has 3 unspecified atom stereocenters. The van der Waals surface area contributed by atoms with Gasteiger partial charge >= 0.3 is 0 Å². The number of likely N-dealkylation sites (N-methyl/N-ethyl adjacent to an activating group) is 1. The van der Waals surface area contributed by atoms with E-state index in [2.05, 4.69) is 48.3 Å². The summed E-state index contributed by atoms with van der Waals surface area (Å²) in [5.74, 6) is 1.73. The lowest BCUT2D eigenvalue weighted by atomic mass is 9.73. The monoisotopic (exact) mass is 444 g/mol. The van der Waals surface area contributed by atoms with Crippen LogP contribution in [0.2, 0.25) is 0 Å². The molecule has 5 heteroatoms. The predicted octanol–water partition coefficient (Wildman–Crippen LogP) is 5.09. The fourth-order valence-corrected chi connectivity index (χ4v) is 5.60. The fraction of sp³-hybridized carbons (Fsp3) is 0.704. The van der Waals surface area contributed by atoms with Crippen LogP contribution in [-0.2, 0) is 10.3 Å². The molecule has 32 heavy (non-hydrogen) atoms. The van der Waals surface area contributed by atoms with Gasteiger partial charge in [-0.3, -0.25) is 4.90 Å². The molecule has 5 nitrogen and oxygen atoms in total. The highest BCUT2D eigenvalue weighted by atomic mass is 16.5. The third-order valence-electron chi connectivity index (χ3n) is 7.12. The molecule has 2 heterocycles. The molecule has 0 amide bonds.